The van der Waals surface area contributed by atoms with E-state index in [4.69, 9.17) is 18.9 Å². The molecular formula is C14H20O5. The van der Waals surface area contributed by atoms with Crippen LogP contribution in [0, 0.1) is 6.92 Å². The molecule has 0 fully saturated rings. The normalized spacial score (nSPS) is 10.3. The molecule has 19 heavy (non-hydrogen) atoms. The standard InChI is InChI=1S/C14H20O5/c1-5-11-6-10(2)7-12(13(11)18-8-16-3)14(15)19-9-17-4/h6-7H,5,8-9H2,1-4H3. The Morgan fingerprint density at radius 2 is 1.84 bits per heavy atom. The Morgan fingerprint density at radius 1 is 1.16 bits per heavy atom. The Balaban J connectivity index is 3.10. The maximum atomic E-state index is 12.0. The van der Waals surface area contributed by atoms with Crippen LogP contribution >= 0.6 is 0 Å². The van der Waals surface area contributed by atoms with Crippen LogP contribution in [0.25, 0.3) is 0 Å². The Morgan fingerprint density at radius 3 is 2.42 bits per heavy atom. The van der Waals surface area contributed by atoms with Gasteiger partial charge in [-0.15, -0.1) is 0 Å². The first-order chi connectivity index (χ1) is 9.13. The third-order valence-corrected chi connectivity index (χ3v) is 2.54. The Kier molecular flexibility index (Phi) is 6.32. The van der Waals surface area contributed by atoms with Gasteiger partial charge in [-0.25, -0.2) is 4.79 Å². The molecule has 0 radical (unpaired) electrons. The number of aryl methyl sites for hydroxylation is 2. The van der Waals surface area contributed by atoms with Gasteiger partial charge in [-0.05, 0) is 30.5 Å². The number of ether oxygens (including phenoxy) is 4. The fraction of sp³-hybridized carbons (Fsp3) is 0.500. The summed E-state index contributed by atoms with van der Waals surface area (Å²) in [6.45, 7) is 3.92. The highest BCUT2D eigenvalue weighted by Gasteiger charge is 2.18. The quantitative estimate of drug-likeness (QED) is 0.561. The Labute approximate surface area is 113 Å². The summed E-state index contributed by atoms with van der Waals surface area (Å²) in [5, 5.41) is 0. The van der Waals surface area contributed by atoms with Crippen molar-refractivity contribution in [3.63, 3.8) is 0 Å². The molecule has 0 heterocycles. The van der Waals surface area contributed by atoms with E-state index >= 15 is 0 Å². The molecular weight excluding hydrogens is 248 g/mol. The van der Waals surface area contributed by atoms with Gasteiger partial charge in [0.1, 0.15) is 11.3 Å². The van der Waals surface area contributed by atoms with E-state index < -0.39 is 5.97 Å². The summed E-state index contributed by atoms with van der Waals surface area (Å²) in [4.78, 5) is 12.0. The predicted octanol–water partition coefficient (Wildman–Crippen LogP) is 2.30. The minimum atomic E-state index is -0.466. The number of methoxy groups -OCH3 is 2. The summed E-state index contributed by atoms with van der Waals surface area (Å²) in [6, 6.07) is 3.72. The second-order valence-corrected chi connectivity index (χ2v) is 4.04. The molecule has 5 heteroatoms. The number of esters is 1. The highest BCUT2D eigenvalue weighted by atomic mass is 16.7. The number of carbonyl (C=O) groups excluding carboxylic acids is 1. The van der Waals surface area contributed by atoms with Crippen LogP contribution in [0.2, 0.25) is 0 Å². The third-order valence-electron chi connectivity index (χ3n) is 2.54. The average Bonchev–Trinajstić information content (AvgIpc) is 2.42. The lowest BCUT2D eigenvalue weighted by Crippen LogP contribution is -2.12. The van der Waals surface area contributed by atoms with Crippen molar-refractivity contribution >= 4 is 5.97 Å². The van der Waals surface area contributed by atoms with Crippen molar-refractivity contribution in [2.75, 3.05) is 27.8 Å². The fourth-order valence-corrected chi connectivity index (χ4v) is 1.74. The lowest BCUT2D eigenvalue weighted by Gasteiger charge is -2.15. The molecule has 0 atom stereocenters. The summed E-state index contributed by atoms with van der Waals surface area (Å²) in [7, 11) is 2.99. The van der Waals surface area contributed by atoms with Crippen LogP contribution in [0.15, 0.2) is 12.1 Å². The first kappa shape index (κ1) is 15.5. The second-order valence-electron chi connectivity index (χ2n) is 4.04. The van der Waals surface area contributed by atoms with Gasteiger partial charge >= 0.3 is 5.97 Å². The summed E-state index contributed by atoms with van der Waals surface area (Å²) in [6.07, 6.45) is 0.755. The van der Waals surface area contributed by atoms with E-state index in [0.29, 0.717) is 11.3 Å². The Bertz CT molecular complexity index is 428. The molecule has 0 aliphatic carbocycles. The molecule has 0 N–H and O–H groups in total. The maximum Gasteiger partial charge on any atom is 0.344 e. The van der Waals surface area contributed by atoms with Crippen LogP contribution in [0.3, 0.4) is 0 Å². The summed E-state index contributed by atoms with van der Waals surface area (Å²) < 4.78 is 20.1. The SMILES string of the molecule is CCc1cc(C)cc(C(=O)OCOC)c1OCOC. The van der Waals surface area contributed by atoms with Crippen LogP contribution < -0.4 is 4.74 Å². The van der Waals surface area contributed by atoms with Gasteiger partial charge < -0.3 is 18.9 Å². The molecule has 0 saturated heterocycles. The molecule has 0 unspecified atom stereocenters. The second kappa shape index (κ2) is 7.76. The summed E-state index contributed by atoms with van der Waals surface area (Å²) in [5.74, 6) is 0.0439. The van der Waals surface area contributed by atoms with E-state index in [1.807, 2.05) is 19.9 Å². The lowest BCUT2D eigenvalue weighted by molar-refractivity contribution is -0.0133. The minimum absolute atomic E-state index is 0.0839. The fourth-order valence-electron chi connectivity index (χ4n) is 1.74. The van der Waals surface area contributed by atoms with Crippen molar-refractivity contribution < 1.29 is 23.7 Å². The summed E-state index contributed by atoms with van der Waals surface area (Å²) >= 11 is 0. The number of hydrogen-bond donors (Lipinski definition) is 0. The zero-order valence-corrected chi connectivity index (χ0v) is 11.8. The van der Waals surface area contributed by atoms with Gasteiger partial charge in [-0.1, -0.05) is 13.0 Å². The van der Waals surface area contributed by atoms with Crippen LogP contribution in [0.4, 0.5) is 0 Å². The van der Waals surface area contributed by atoms with Crippen molar-refractivity contribution in [1.82, 2.24) is 0 Å². The van der Waals surface area contributed by atoms with E-state index in [2.05, 4.69) is 0 Å². The first-order valence-corrected chi connectivity index (χ1v) is 6.05. The monoisotopic (exact) mass is 268 g/mol. The molecule has 0 amide bonds. The number of rotatable bonds is 7. The number of carbonyl (C=O) groups is 1. The van der Waals surface area contributed by atoms with E-state index in [0.717, 1.165) is 17.5 Å². The molecule has 0 aromatic heterocycles. The van der Waals surface area contributed by atoms with Crippen LogP contribution in [-0.4, -0.2) is 33.8 Å². The van der Waals surface area contributed by atoms with E-state index in [1.54, 1.807) is 6.07 Å². The van der Waals surface area contributed by atoms with Crippen molar-refractivity contribution in [2.45, 2.75) is 20.3 Å². The molecule has 0 spiro atoms. The molecule has 0 aliphatic heterocycles. The molecule has 0 saturated carbocycles. The third kappa shape index (κ3) is 4.22. The molecule has 1 rings (SSSR count). The van der Waals surface area contributed by atoms with Crippen LogP contribution in [-0.2, 0) is 20.6 Å². The lowest BCUT2D eigenvalue weighted by atomic mass is 10.0. The van der Waals surface area contributed by atoms with Gasteiger partial charge in [-0.3, -0.25) is 0 Å². The molecule has 0 aliphatic rings. The van der Waals surface area contributed by atoms with Gasteiger partial charge in [0.05, 0.1) is 0 Å². The molecule has 106 valence electrons. The largest absolute Gasteiger partial charge is 0.466 e. The highest BCUT2D eigenvalue weighted by molar-refractivity contribution is 5.93. The van der Waals surface area contributed by atoms with Gasteiger partial charge in [0.2, 0.25) is 0 Å². The van der Waals surface area contributed by atoms with E-state index in [1.165, 1.54) is 14.2 Å². The smallest absolute Gasteiger partial charge is 0.344 e. The topological polar surface area (TPSA) is 54.0 Å². The van der Waals surface area contributed by atoms with Gasteiger partial charge in [0.25, 0.3) is 0 Å². The highest BCUT2D eigenvalue weighted by Crippen LogP contribution is 2.27. The van der Waals surface area contributed by atoms with Crippen molar-refractivity contribution in [2.24, 2.45) is 0 Å². The van der Waals surface area contributed by atoms with Crippen molar-refractivity contribution in [1.29, 1.82) is 0 Å². The van der Waals surface area contributed by atoms with Gasteiger partial charge in [-0.2, -0.15) is 0 Å². The zero-order valence-electron chi connectivity index (χ0n) is 11.8. The van der Waals surface area contributed by atoms with Gasteiger partial charge in [0, 0.05) is 14.2 Å². The molecule has 1 aromatic carbocycles. The molecule has 0 bridgehead atoms. The van der Waals surface area contributed by atoms with Crippen molar-refractivity contribution in [3.8, 4) is 5.75 Å². The maximum absolute atomic E-state index is 12.0. The summed E-state index contributed by atoms with van der Waals surface area (Å²) in [5.41, 5.74) is 2.32. The first-order valence-electron chi connectivity index (χ1n) is 6.05. The van der Waals surface area contributed by atoms with E-state index in [9.17, 15) is 4.79 Å². The van der Waals surface area contributed by atoms with Gasteiger partial charge in [0.15, 0.2) is 13.6 Å². The van der Waals surface area contributed by atoms with Crippen LogP contribution in [0.5, 0.6) is 5.75 Å². The minimum Gasteiger partial charge on any atom is -0.466 e. The molecule has 1 aromatic rings. The number of benzene rings is 1. The van der Waals surface area contributed by atoms with Crippen LogP contribution in [0.1, 0.15) is 28.4 Å². The zero-order chi connectivity index (χ0) is 14.3. The Hall–Kier alpha value is -1.59. The van der Waals surface area contributed by atoms with Crippen molar-refractivity contribution in [3.05, 3.63) is 28.8 Å². The number of hydrogen-bond acceptors (Lipinski definition) is 5. The predicted molar refractivity (Wildman–Crippen MR) is 70.4 cm³/mol. The average molecular weight is 268 g/mol. The van der Waals surface area contributed by atoms with E-state index in [-0.39, 0.29) is 13.6 Å². The molecule has 5 nitrogen and oxygen atoms in total.